The zero-order valence-electron chi connectivity index (χ0n) is 11.4. The van der Waals surface area contributed by atoms with E-state index in [0.29, 0.717) is 6.42 Å². The van der Waals surface area contributed by atoms with Crippen LogP contribution in [0.3, 0.4) is 0 Å². The van der Waals surface area contributed by atoms with Crippen molar-refractivity contribution >= 4 is 11.3 Å². The van der Waals surface area contributed by atoms with Crippen molar-refractivity contribution in [2.75, 3.05) is 7.11 Å². The van der Waals surface area contributed by atoms with Gasteiger partial charge in [0, 0.05) is 12.0 Å². The van der Waals surface area contributed by atoms with Gasteiger partial charge in [0.05, 0.1) is 7.11 Å². The van der Waals surface area contributed by atoms with Gasteiger partial charge in [0.1, 0.15) is 21.6 Å². The monoisotopic (exact) mass is 300 g/mol. The Kier molecular flexibility index (Phi) is 3.92. The third-order valence-corrected chi connectivity index (χ3v) is 4.03. The molecule has 106 valence electrons. The predicted octanol–water partition coefficient (Wildman–Crippen LogP) is 3.94. The van der Waals surface area contributed by atoms with Crippen LogP contribution < -0.4 is 4.74 Å². The molecule has 0 spiro atoms. The number of hydrogen-bond acceptors (Lipinski definition) is 4. The van der Waals surface area contributed by atoms with Gasteiger partial charge in [0.15, 0.2) is 0 Å². The summed E-state index contributed by atoms with van der Waals surface area (Å²) in [4.78, 5) is 0. The first kappa shape index (κ1) is 13.7. The van der Waals surface area contributed by atoms with E-state index in [1.807, 2.05) is 30.3 Å². The van der Waals surface area contributed by atoms with Gasteiger partial charge in [-0.05, 0) is 29.8 Å². The number of methoxy groups -OCH3 is 1. The van der Waals surface area contributed by atoms with Gasteiger partial charge in [-0.1, -0.05) is 35.6 Å². The van der Waals surface area contributed by atoms with E-state index in [9.17, 15) is 4.39 Å². The summed E-state index contributed by atoms with van der Waals surface area (Å²) in [7, 11) is 1.64. The van der Waals surface area contributed by atoms with Crippen molar-refractivity contribution in [1.29, 1.82) is 0 Å². The zero-order chi connectivity index (χ0) is 14.7. The van der Waals surface area contributed by atoms with E-state index in [-0.39, 0.29) is 5.82 Å². The molecule has 3 rings (SSSR count). The highest BCUT2D eigenvalue weighted by atomic mass is 32.1. The van der Waals surface area contributed by atoms with Gasteiger partial charge >= 0.3 is 0 Å². The van der Waals surface area contributed by atoms with Crippen molar-refractivity contribution in [2.24, 2.45) is 0 Å². The first-order valence-corrected chi connectivity index (χ1v) is 7.27. The Balaban J connectivity index is 1.78. The Morgan fingerprint density at radius 3 is 2.62 bits per heavy atom. The fourth-order valence-corrected chi connectivity index (χ4v) is 2.85. The maximum atomic E-state index is 13.2. The third kappa shape index (κ3) is 3.25. The molecule has 2 aromatic carbocycles. The minimum Gasteiger partial charge on any atom is -0.497 e. The lowest BCUT2D eigenvalue weighted by Crippen LogP contribution is -1.88. The van der Waals surface area contributed by atoms with E-state index in [1.165, 1.54) is 23.5 Å². The fraction of sp³-hybridized carbons (Fsp3) is 0.125. The largest absolute Gasteiger partial charge is 0.497 e. The standard InChI is InChI=1S/C16H13FN2OS/c1-20-14-7-5-11(6-8-14)9-15-18-19-16(21-15)12-3-2-4-13(17)10-12/h2-8,10H,9H2,1H3. The molecule has 1 heterocycles. The molecular formula is C16H13FN2OS. The van der Waals surface area contributed by atoms with E-state index in [1.54, 1.807) is 13.2 Å². The summed E-state index contributed by atoms with van der Waals surface area (Å²) in [6, 6.07) is 14.2. The molecule has 21 heavy (non-hydrogen) atoms. The highest BCUT2D eigenvalue weighted by Crippen LogP contribution is 2.25. The van der Waals surface area contributed by atoms with Gasteiger partial charge < -0.3 is 4.74 Å². The summed E-state index contributed by atoms with van der Waals surface area (Å²) in [5.41, 5.74) is 1.89. The molecule has 0 saturated carbocycles. The lowest BCUT2D eigenvalue weighted by molar-refractivity contribution is 0.414. The molecule has 3 aromatic rings. The van der Waals surface area contributed by atoms with Crippen molar-refractivity contribution in [2.45, 2.75) is 6.42 Å². The minimum atomic E-state index is -0.264. The summed E-state index contributed by atoms with van der Waals surface area (Å²) >= 11 is 1.48. The molecule has 3 nitrogen and oxygen atoms in total. The molecule has 0 unspecified atom stereocenters. The lowest BCUT2D eigenvalue weighted by Gasteiger charge is -2.00. The summed E-state index contributed by atoms with van der Waals surface area (Å²) < 4.78 is 18.4. The summed E-state index contributed by atoms with van der Waals surface area (Å²) in [6.45, 7) is 0. The zero-order valence-corrected chi connectivity index (χ0v) is 12.2. The van der Waals surface area contributed by atoms with Crippen molar-refractivity contribution in [3.63, 3.8) is 0 Å². The number of hydrogen-bond donors (Lipinski definition) is 0. The average molecular weight is 300 g/mol. The van der Waals surface area contributed by atoms with Crippen LogP contribution in [0.25, 0.3) is 10.6 Å². The molecule has 0 amide bonds. The van der Waals surface area contributed by atoms with Crippen LogP contribution in [-0.4, -0.2) is 17.3 Å². The number of halogens is 1. The molecule has 0 bridgehead atoms. The molecule has 0 fully saturated rings. The van der Waals surface area contributed by atoms with Gasteiger partial charge in [0.2, 0.25) is 0 Å². The molecule has 0 aliphatic rings. The van der Waals surface area contributed by atoms with Gasteiger partial charge in [-0.25, -0.2) is 4.39 Å². The highest BCUT2D eigenvalue weighted by molar-refractivity contribution is 7.14. The molecule has 0 aliphatic carbocycles. The fourth-order valence-electron chi connectivity index (χ4n) is 1.98. The number of aromatic nitrogens is 2. The Bertz CT molecular complexity index is 740. The molecule has 1 aromatic heterocycles. The Hall–Kier alpha value is -2.27. The number of rotatable bonds is 4. The van der Waals surface area contributed by atoms with Gasteiger partial charge in [-0.2, -0.15) is 0 Å². The van der Waals surface area contributed by atoms with E-state index in [0.717, 1.165) is 26.9 Å². The van der Waals surface area contributed by atoms with Crippen LogP contribution >= 0.6 is 11.3 Å². The molecule has 0 atom stereocenters. The topological polar surface area (TPSA) is 35.0 Å². The average Bonchev–Trinajstić information content (AvgIpc) is 2.97. The van der Waals surface area contributed by atoms with Crippen LogP contribution in [0.4, 0.5) is 4.39 Å². The quantitative estimate of drug-likeness (QED) is 0.732. The first-order valence-electron chi connectivity index (χ1n) is 6.46. The second kappa shape index (κ2) is 6.01. The molecule has 0 radical (unpaired) electrons. The second-order valence-corrected chi connectivity index (χ2v) is 5.60. The molecule has 0 N–H and O–H groups in total. The summed E-state index contributed by atoms with van der Waals surface area (Å²) in [6.07, 6.45) is 0.705. The van der Waals surface area contributed by atoms with Gasteiger partial charge in [-0.3, -0.25) is 0 Å². The molecule has 0 saturated heterocycles. The summed E-state index contributed by atoms with van der Waals surface area (Å²) in [5, 5.41) is 9.95. The van der Waals surface area contributed by atoms with Crippen LogP contribution in [0.5, 0.6) is 5.75 Å². The van der Waals surface area contributed by atoms with E-state index in [4.69, 9.17) is 4.74 Å². The van der Waals surface area contributed by atoms with Crippen molar-refractivity contribution in [1.82, 2.24) is 10.2 Å². The van der Waals surface area contributed by atoms with E-state index < -0.39 is 0 Å². The highest BCUT2D eigenvalue weighted by Gasteiger charge is 2.08. The predicted molar refractivity (Wildman–Crippen MR) is 81.1 cm³/mol. The van der Waals surface area contributed by atoms with Crippen molar-refractivity contribution < 1.29 is 9.13 Å². The van der Waals surface area contributed by atoms with Crippen molar-refractivity contribution in [3.05, 3.63) is 64.9 Å². The van der Waals surface area contributed by atoms with Crippen molar-refractivity contribution in [3.8, 4) is 16.3 Å². The van der Waals surface area contributed by atoms with E-state index in [2.05, 4.69) is 10.2 Å². The van der Waals surface area contributed by atoms with Gasteiger partial charge in [0.25, 0.3) is 0 Å². The maximum absolute atomic E-state index is 13.2. The van der Waals surface area contributed by atoms with Gasteiger partial charge in [-0.15, -0.1) is 10.2 Å². The first-order chi connectivity index (χ1) is 10.2. The second-order valence-electron chi connectivity index (χ2n) is 4.54. The number of ether oxygens (including phenoxy) is 1. The Morgan fingerprint density at radius 2 is 1.90 bits per heavy atom. The molecular weight excluding hydrogens is 287 g/mol. The normalized spacial score (nSPS) is 10.6. The lowest BCUT2D eigenvalue weighted by atomic mass is 10.1. The molecule has 0 aliphatic heterocycles. The van der Waals surface area contributed by atoms with E-state index >= 15 is 0 Å². The maximum Gasteiger partial charge on any atom is 0.147 e. The van der Waals surface area contributed by atoms with Crippen LogP contribution in [0.2, 0.25) is 0 Å². The van der Waals surface area contributed by atoms with Crippen LogP contribution in [0, 0.1) is 5.82 Å². The number of nitrogens with zero attached hydrogens (tertiary/aromatic N) is 2. The number of benzene rings is 2. The minimum absolute atomic E-state index is 0.264. The van der Waals surface area contributed by atoms with Crippen LogP contribution in [0.15, 0.2) is 48.5 Å². The SMILES string of the molecule is COc1ccc(Cc2nnc(-c3cccc(F)c3)s2)cc1. The Labute approximate surface area is 126 Å². The Morgan fingerprint density at radius 1 is 1.10 bits per heavy atom. The van der Waals surface area contributed by atoms with Crippen LogP contribution in [0.1, 0.15) is 10.6 Å². The summed E-state index contributed by atoms with van der Waals surface area (Å²) in [5.74, 6) is 0.566. The third-order valence-electron chi connectivity index (χ3n) is 3.05. The molecule has 5 heteroatoms. The smallest absolute Gasteiger partial charge is 0.147 e. The van der Waals surface area contributed by atoms with Crippen LogP contribution in [-0.2, 0) is 6.42 Å².